The van der Waals surface area contributed by atoms with Crippen molar-refractivity contribution >= 4 is 29.1 Å². The lowest BCUT2D eigenvalue weighted by atomic mass is 10.1. The van der Waals surface area contributed by atoms with Crippen LogP contribution >= 0.6 is 23.4 Å². The SMILES string of the molecule is Clc1ccccc1C1=CSCN1Cc1ccccc1. The van der Waals surface area contributed by atoms with E-state index < -0.39 is 0 Å². The molecule has 0 amide bonds. The summed E-state index contributed by atoms with van der Waals surface area (Å²) in [4.78, 5) is 2.36. The number of nitrogens with zero attached hydrogens (tertiary/aromatic N) is 1. The summed E-state index contributed by atoms with van der Waals surface area (Å²) >= 11 is 8.11. The van der Waals surface area contributed by atoms with Gasteiger partial charge in [-0.3, -0.25) is 0 Å². The first-order chi connectivity index (χ1) is 9.34. The molecule has 0 bridgehead atoms. The van der Waals surface area contributed by atoms with E-state index in [1.54, 1.807) is 0 Å². The van der Waals surface area contributed by atoms with Crippen LogP contribution in [0.3, 0.4) is 0 Å². The van der Waals surface area contributed by atoms with Crippen molar-refractivity contribution in [1.29, 1.82) is 0 Å². The first-order valence-electron chi connectivity index (χ1n) is 6.20. The highest BCUT2D eigenvalue weighted by atomic mass is 35.5. The molecule has 0 N–H and O–H groups in total. The van der Waals surface area contributed by atoms with Crippen LogP contribution in [0.1, 0.15) is 11.1 Å². The maximum Gasteiger partial charge on any atom is 0.0684 e. The van der Waals surface area contributed by atoms with Gasteiger partial charge in [0.1, 0.15) is 0 Å². The van der Waals surface area contributed by atoms with Gasteiger partial charge in [-0.15, -0.1) is 11.8 Å². The van der Waals surface area contributed by atoms with Crippen molar-refractivity contribution in [2.24, 2.45) is 0 Å². The molecule has 1 aliphatic heterocycles. The van der Waals surface area contributed by atoms with Gasteiger partial charge in [0.25, 0.3) is 0 Å². The van der Waals surface area contributed by atoms with E-state index in [1.165, 1.54) is 11.3 Å². The second-order valence-electron chi connectivity index (χ2n) is 4.46. The van der Waals surface area contributed by atoms with E-state index >= 15 is 0 Å². The number of benzene rings is 2. The minimum Gasteiger partial charge on any atom is -0.357 e. The average Bonchev–Trinajstić information content (AvgIpc) is 2.88. The molecule has 2 aromatic carbocycles. The van der Waals surface area contributed by atoms with Crippen molar-refractivity contribution in [2.45, 2.75) is 6.54 Å². The smallest absolute Gasteiger partial charge is 0.0684 e. The van der Waals surface area contributed by atoms with Gasteiger partial charge in [-0.2, -0.15) is 0 Å². The highest BCUT2D eigenvalue weighted by Gasteiger charge is 2.19. The molecule has 2 aromatic rings. The van der Waals surface area contributed by atoms with E-state index in [0.29, 0.717) is 0 Å². The molecule has 3 rings (SSSR count). The minimum atomic E-state index is 0.814. The van der Waals surface area contributed by atoms with Crippen LogP contribution in [0.5, 0.6) is 0 Å². The predicted molar refractivity (Wildman–Crippen MR) is 83.9 cm³/mol. The van der Waals surface area contributed by atoms with Crippen LogP contribution in [-0.4, -0.2) is 10.8 Å². The monoisotopic (exact) mass is 287 g/mol. The van der Waals surface area contributed by atoms with E-state index in [9.17, 15) is 0 Å². The van der Waals surface area contributed by atoms with Crippen molar-refractivity contribution in [3.63, 3.8) is 0 Å². The largest absolute Gasteiger partial charge is 0.357 e. The summed E-state index contributed by atoms with van der Waals surface area (Å²) in [5.41, 5.74) is 3.66. The Balaban J connectivity index is 1.84. The Morgan fingerprint density at radius 1 is 1.00 bits per heavy atom. The summed E-state index contributed by atoms with van der Waals surface area (Å²) in [5.74, 6) is 0.982. The molecule has 0 fully saturated rings. The van der Waals surface area contributed by atoms with Crippen LogP contribution in [-0.2, 0) is 6.54 Å². The topological polar surface area (TPSA) is 3.24 Å². The van der Waals surface area contributed by atoms with Crippen LogP contribution in [0.2, 0.25) is 5.02 Å². The molecule has 0 aliphatic carbocycles. The van der Waals surface area contributed by atoms with E-state index in [1.807, 2.05) is 36.0 Å². The molecule has 0 radical (unpaired) electrons. The number of halogens is 1. The lowest BCUT2D eigenvalue weighted by Gasteiger charge is -2.22. The third-order valence-electron chi connectivity index (χ3n) is 3.13. The van der Waals surface area contributed by atoms with Gasteiger partial charge in [-0.25, -0.2) is 0 Å². The normalized spacial score (nSPS) is 14.6. The highest BCUT2D eigenvalue weighted by molar-refractivity contribution is 8.02. The van der Waals surface area contributed by atoms with Crippen LogP contribution in [0, 0.1) is 0 Å². The molecule has 0 atom stereocenters. The maximum atomic E-state index is 6.30. The molecule has 0 aromatic heterocycles. The summed E-state index contributed by atoms with van der Waals surface area (Å²) in [6.45, 7) is 0.922. The van der Waals surface area contributed by atoms with E-state index in [-0.39, 0.29) is 0 Å². The van der Waals surface area contributed by atoms with Crippen molar-refractivity contribution in [3.8, 4) is 0 Å². The number of hydrogen-bond donors (Lipinski definition) is 0. The Morgan fingerprint density at radius 3 is 2.53 bits per heavy atom. The maximum absolute atomic E-state index is 6.30. The second kappa shape index (κ2) is 5.72. The molecule has 0 spiro atoms. The summed E-state index contributed by atoms with van der Waals surface area (Å²) in [7, 11) is 0. The Hall–Kier alpha value is -1.38. The van der Waals surface area contributed by atoms with Crippen LogP contribution < -0.4 is 0 Å². The minimum absolute atomic E-state index is 0.814. The molecule has 19 heavy (non-hydrogen) atoms. The van der Waals surface area contributed by atoms with Gasteiger partial charge in [-0.1, -0.05) is 60.1 Å². The highest BCUT2D eigenvalue weighted by Crippen LogP contribution is 2.35. The average molecular weight is 288 g/mol. The van der Waals surface area contributed by atoms with Gasteiger partial charge < -0.3 is 4.90 Å². The van der Waals surface area contributed by atoms with E-state index in [0.717, 1.165) is 23.0 Å². The Bertz CT molecular complexity index is 595. The van der Waals surface area contributed by atoms with Gasteiger partial charge in [0.15, 0.2) is 0 Å². The zero-order chi connectivity index (χ0) is 13.1. The first-order valence-corrected chi connectivity index (χ1v) is 7.63. The molecule has 0 unspecified atom stereocenters. The summed E-state index contributed by atoms with van der Waals surface area (Å²) < 4.78 is 0. The molecular formula is C16H14ClNS. The number of thioether (sulfide) groups is 1. The van der Waals surface area contributed by atoms with Gasteiger partial charge in [-0.05, 0) is 17.0 Å². The van der Waals surface area contributed by atoms with E-state index in [4.69, 9.17) is 11.6 Å². The summed E-state index contributed by atoms with van der Waals surface area (Å²) in [6.07, 6.45) is 0. The summed E-state index contributed by atoms with van der Waals surface area (Å²) in [6, 6.07) is 18.6. The van der Waals surface area contributed by atoms with Gasteiger partial charge >= 0.3 is 0 Å². The Morgan fingerprint density at radius 2 is 1.74 bits per heavy atom. The standard InChI is InChI=1S/C16H14ClNS/c17-15-9-5-4-8-14(15)16-11-19-12-18(16)10-13-6-2-1-3-7-13/h1-9,11H,10,12H2. The molecule has 1 aliphatic rings. The predicted octanol–water partition coefficient (Wildman–Crippen LogP) is 4.84. The summed E-state index contributed by atoms with van der Waals surface area (Å²) in [5, 5.41) is 3.01. The van der Waals surface area contributed by atoms with Crippen molar-refractivity contribution in [3.05, 3.63) is 76.2 Å². The zero-order valence-corrected chi connectivity index (χ0v) is 12.0. The van der Waals surface area contributed by atoms with Crippen LogP contribution in [0.15, 0.2) is 60.0 Å². The van der Waals surface area contributed by atoms with Crippen molar-refractivity contribution in [1.82, 2.24) is 4.90 Å². The fraction of sp³-hybridized carbons (Fsp3) is 0.125. The molecule has 3 heteroatoms. The lowest BCUT2D eigenvalue weighted by molar-refractivity contribution is 0.464. The second-order valence-corrected chi connectivity index (χ2v) is 5.70. The molecule has 0 saturated carbocycles. The van der Waals surface area contributed by atoms with E-state index in [2.05, 4.69) is 40.6 Å². The van der Waals surface area contributed by atoms with Crippen molar-refractivity contribution < 1.29 is 0 Å². The molecule has 96 valence electrons. The van der Waals surface area contributed by atoms with Gasteiger partial charge in [0.05, 0.1) is 11.6 Å². The van der Waals surface area contributed by atoms with Crippen LogP contribution in [0.25, 0.3) is 5.70 Å². The van der Waals surface area contributed by atoms with Gasteiger partial charge in [0.2, 0.25) is 0 Å². The number of rotatable bonds is 3. The fourth-order valence-electron chi connectivity index (χ4n) is 2.19. The molecule has 0 saturated heterocycles. The molecule has 1 nitrogen and oxygen atoms in total. The zero-order valence-electron chi connectivity index (χ0n) is 10.4. The van der Waals surface area contributed by atoms with Gasteiger partial charge in [0, 0.05) is 17.1 Å². The third kappa shape index (κ3) is 2.80. The third-order valence-corrected chi connectivity index (χ3v) is 4.31. The lowest BCUT2D eigenvalue weighted by Crippen LogP contribution is -2.17. The number of hydrogen-bond acceptors (Lipinski definition) is 2. The Labute approximate surface area is 122 Å². The Kier molecular flexibility index (Phi) is 3.81. The molecular weight excluding hydrogens is 274 g/mol. The fourth-order valence-corrected chi connectivity index (χ4v) is 3.34. The molecule has 1 heterocycles. The first kappa shape index (κ1) is 12.6. The quantitative estimate of drug-likeness (QED) is 0.794. The van der Waals surface area contributed by atoms with Crippen molar-refractivity contribution in [2.75, 3.05) is 5.88 Å². The van der Waals surface area contributed by atoms with Crippen LogP contribution in [0.4, 0.5) is 0 Å².